The predicted molar refractivity (Wildman–Crippen MR) is 190 cm³/mol. The first-order chi connectivity index (χ1) is 26.2. The second-order valence-corrected chi connectivity index (χ2v) is 12.8. The summed E-state index contributed by atoms with van der Waals surface area (Å²) in [5.41, 5.74) is -0.979. The number of benzene rings is 2. The summed E-state index contributed by atoms with van der Waals surface area (Å²) in [6.45, 7) is 1.60. The number of nitrogens with one attached hydrogen (secondary N) is 2. The van der Waals surface area contributed by atoms with Crippen molar-refractivity contribution in [1.29, 1.82) is 5.26 Å². The molecule has 20 heteroatoms. The molecule has 0 atom stereocenters. The third-order valence-corrected chi connectivity index (χ3v) is 8.81. The van der Waals surface area contributed by atoms with Gasteiger partial charge in [0.25, 0.3) is 11.1 Å². The van der Waals surface area contributed by atoms with Crippen LogP contribution in [0.25, 0.3) is 0 Å². The van der Waals surface area contributed by atoms with E-state index in [1.165, 1.54) is 44.4 Å². The van der Waals surface area contributed by atoms with E-state index in [2.05, 4.69) is 20.8 Å². The molecule has 55 heavy (non-hydrogen) atoms. The Balaban J connectivity index is 0.000000211. The van der Waals surface area contributed by atoms with Gasteiger partial charge in [0.1, 0.15) is 29.8 Å². The van der Waals surface area contributed by atoms with Crippen molar-refractivity contribution < 1.29 is 36.6 Å². The Hall–Kier alpha value is -6.16. The molecule has 0 radical (unpaired) electrons. The van der Waals surface area contributed by atoms with E-state index in [1.54, 1.807) is 15.9 Å². The molecule has 2 fully saturated rings. The van der Waals surface area contributed by atoms with Crippen LogP contribution in [0.2, 0.25) is 5.02 Å². The van der Waals surface area contributed by atoms with Gasteiger partial charge in [-0.25, -0.2) is 36.5 Å². The van der Waals surface area contributed by atoms with E-state index in [0.717, 1.165) is 27.6 Å². The summed E-state index contributed by atoms with van der Waals surface area (Å²) in [6.07, 6.45) is 1.46. The van der Waals surface area contributed by atoms with Gasteiger partial charge in [-0.2, -0.15) is 15.5 Å². The molecular weight excluding hydrogens is 754 g/mol. The van der Waals surface area contributed by atoms with E-state index in [-0.39, 0.29) is 63.5 Å². The number of ether oxygens (including phenoxy) is 2. The van der Waals surface area contributed by atoms with Crippen LogP contribution in [0.5, 0.6) is 11.5 Å². The number of aromatic nitrogens is 4. The summed E-state index contributed by atoms with van der Waals surface area (Å²) >= 11 is 5.62. The number of likely N-dealkylation sites (tertiary alicyclic amines) is 2. The van der Waals surface area contributed by atoms with Gasteiger partial charge in [-0.05, 0) is 12.1 Å². The number of rotatable bonds is 6. The first-order valence-electron chi connectivity index (χ1n) is 16.8. The number of urea groups is 2. The minimum atomic E-state index is -1.20. The van der Waals surface area contributed by atoms with Crippen LogP contribution in [0.15, 0.2) is 58.1 Å². The number of carbonyl (C=O) groups is 2. The first kappa shape index (κ1) is 40.0. The van der Waals surface area contributed by atoms with Crippen LogP contribution in [0, 0.1) is 34.6 Å². The molecule has 2 aliphatic rings. The number of carbonyl (C=O) groups excluding carboxylic acids is 2. The van der Waals surface area contributed by atoms with E-state index in [4.69, 9.17) is 26.3 Å². The molecular formula is C35H34ClF4N9O6. The molecule has 4 heterocycles. The summed E-state index contributed by atoms with van der Waals surface area (Å²) < 4.78 is 67.1. The van der Waals surface area contributed by atoms with E-state index in [1.807, 2.05) is 0 Å². The van der Waals surface area contributed by atoms with Gasteiger partial charge >= 0.3 is 12.1 Å². The van der Waals surface area contributed by atoms with Gasteiger partial charge < -0.3 is 19.3 Å². The molecule has 2 aromatic carbocycles. The lowest BCUT2D eigenvalue weighted by Gasteiger charge is -2.32. The quantitative estimate of drug-likeness (QED) is 0.206. The molecule has 0 aliphatic carbocycles. The lowest BCUT2D eigenvalue weighted by molar-refractivity contribution is 0.114. The van der Waals surface area contributed by atoms with Crippen LogP contribution in [0.3, 0.4) is 0 Å². The lowest BCUT2D eigenvalue weighted by atomic mass is 10.1. The Morgan fingerprint density at radius 1 is 0.727 bits per heavy atom. The summed E-state index contributed by atoms with van der Waals surface area (Å²) in [5, 5.41) is 21.6. The highest BCUT2D eigenvalue weighted by Gasteiger charge is 2.26. The van der Waals surface area contributed by atoms with Crippen LogP contribution in [0.1, 0.15) is 31.2 Å². The van der Waals surface area contributed by atoms with Crippen molar-refractivity contribution in [2.24, 2.45) is 14.1 Å². The number of nitriles is 1. The van der Waals surface area contributed by atoms with Crippen LogP contribution in [-0.4, -0.2) is 79.8 Å². The molecule has 2 saturated heterocycles. The number of hydrogen-bond donors (Lipinski definition) is 2. The largest absolute Gasteiger partial charge is 0.490 e. The van der Waals surface area contributed by atoms with E-state index in [0.29, 0.717) is 51.9 Å². The van der Waals surface area contributed by atoms with Gasteiger partial charge in [-0.15, -0.1) is 0 Å². The second kappa shape index (κ2) is 17.8. The number of amides is 4. The minimum absolute atomic E-state index is 0.0766. The monoisotopic (exact) mass is 787 g/mol. The van der Waals surface area contributed by atoms with Crippen molar-refractivity contribution in [3.8, 4) is 17.6 Å². The average molecular weight is 788 g/mol. The standard InChI is InChI=1S/C18H17F2N5O3.C17H17ClF2N4O3/c1-24-16(26)3-2-15(23-24)22-18(27)25-6-4-12(5-7-25)28-13-8-11(10-21)17(20)14(19)9-13;1-23-15(25)3-2-14(22-23)21-17(26)24-6-4-10(5-7-24)27-11-8-12(18)16(20)13(19)9-11/h2-3,8-9,12H,4-7H2,1H3,(H,22,23,27);2-3,8-10H,4-7H2,1H3,(H,21,22,26). The maximum absolute atomic E-state index is 13.5. The Bertz CT molecular complexity index is 2190. The molecule has 2 aromatic heterocycles. The fourth-order valence-electron chi connectivity index (χ4n) is 5.57. The van der Waals surface area contributed by atoms with Gasteiger partial charge in [0.05, 0.1) is 10.6 Å². The number of anilines is 2. The smallest absolute Gasteiger partial charge is 0.323 e. The number of aryl methyl sites for hydroxylation is 2. The van der Waals surface area contributed by atoms with Crippen molar-refractivity contribution in [3.05, 3.63) is 103 Å². The summed E-state index contributed by atoms with van der Waals surface area (Å²) in [4.78, 5) is 50.4. The predicted octanol–water partition coefficient (Wildman–Crippen LogP) is 4.79. The highest BCUT2D eigenvalue weighted by molar-refractivity contribution is 6.30. The maximum Gasteiger partial charge on any atom is 0.323 e. The molecule has 4 aromatic rings. The molecule has 0 saturated carbocycles. The number of piperidine rings is 2. The Morgan fingerprint density at radius 3 is 1.55 bits per heavy atom. The topological polar surface area (TPSA) is 177 Å². The zero-order valence-electron chi connectivity index (χ0n) is 29.4. The van der Waals surface area contributed by atoms with Crippen LogP contribution in [0.4, 0.5) is 38.8 Å². The molecule has 4 amide bonds. The Labute approximate surface area is 315 Å². The highest BCUT2D eigenvalue weighted by atomic mass is 35.5. The van der Waals surface area contributed by atoms with E-state index in [9.17, 15) is 36.7 Å². The summed E-state index contributed by atoms with van der Waals surface area (Å²) in [7, 11) is 2.97. The van der Waals surface area contributed by atoms with E-state index < -0.39 is 28.8 Å². The molecule has 15 nitrogen and oxygen atoms in total. The van der Waals surface area contributed by atoms with E-state index >= 15 is 0 Å². The maximum atomic E-state index is 13.5. The number of nitrogens with zero attached hydrogens (tertiary/aromatic N) is 7. The third-order valence-electron chi connectivity index (χ3n) is 8.53. The van der Waals surface area contributed by atoms with Gasteiger partial charge in [0.15, 0.2) is 34.9 Å². The van der Waals surface area contributed by atoms with Gasteiger partial charge in [-0.3, -0.25) is 20.2 Å². The Kier molecular flexibility index (Phi) is 12.9. The van der Waals surface area contributed by atoms with Crippen LogP contribution in [-0.2, 0) is 14.1 Å². The average Bonchev–Trinajstić information content (AvgIpc) is 3.16. The first-order valence-corrected chi connectivity index (χ1v) is 17.2. The molecule has 0 unspecified atom stereocenters. The van der Waals surface area contributed by atoms with Gasteiger partial charge in [-0.1, -0.05) is 11.6 Å². The summed E-state index contributed by atoms with van der Waals surface area (Å²) in [6, 6.07) is 10.6. The van der Waals surface area contributed by atoms with Crippen molar-refractivity contribution in [3.63, 3.8) is 0 Å². The normalized spacial score (nSPS) is 14.7. The van der Waals surface area contributed by atoms with Gasteiger partial charge in [0.2, 0.25) is 0 Å². The van der Waals surface area contributed by atoms with Crippen molar-refractivity contribution in [1.82, 2.24) is 29.4 Å². The van der Waals surface area contributed by atoms with Crippen molar-refractivity contribution in [2.75, 3.05) is 36.8 Å². The second-order valence-electron chi connectivity index (χ2n) is 12.4. The number of hydrogen-bond acceptors (Lipinski definition) is 9. The molecule has 6 rings (SSSR count). The zero-order chi connectivity index (χ0) is 39.8. The SMILES string of the molecule is Cn1nc(NC(=O)N2CCC(Oc3cc(F)c(F)c(C#N)c3)CC2)ccc1=O.Cn1nc(NC(=O)N2CCC(Oc3cc(F)c(F)c(Cl)c3)CC2)ccc1=O. The van der Waals surface area contributed by atoms with Gasteiger partial charge in [0, 0.05) is 102 Å². The Morgan fingerprint density at radius 2 is 1.15 bits per heavy atom. The summed E-state index contributed by atoms with van der Waals surface area (Å²) in [5.74, 6) is -3.76. The molecule has 0 spiro atoms. The number of halogens is 5. The molecule has 2 aliphatic heterocycles. The molecule has 0 bridgehead atoms. The van der Waals surface area contributed by atoms with Crippen molar-refractivity contribution in [2.45, 2.75) is 37.9 Å². The lowest BCUT2D eigenvalue weighted by Crippen LogP contribution is -2.44. The highest BCUT2D eigenvalue weighted by Crippen LogP contribution is 2.27. The third kappa shape index (κ3) is 10.5. The van der Waals surface area contributed by atoms with Crippen LogP contribution < -0.4 is 31.2 Å². The minimum Gasteiger partial charge on any atom is -0.490 e. The molecule has 290 valence electrons. The van der Waals surface area contributed by atoms with Crippen LogP contribution >= 0.6 is 11.6 Å². The fraction of sp³-hybridized carbons (Fsp3) is 0.343. The molecule has 2 N–H and O–H groups in total. The fourth-order valence-corrected chi connectivity index (χ4v) is 5.77. The van der Waals surface area contributed by atoms with Crippen molar-refractivity contribution >= 4 is 35.3 Å². The zero-order valence-corrected chi connectivity index (χ0v) is 30.2.